The minimum atomic E-state index is -3.75. The van der Waals surface area contributed by atoms with Crippen molar-refractivity contribution in [2.24, 2.45) is 5.14 Å². The molecule has 0 saturated heterocycles. The van der Waals surface area contributed by atoms with Crippen molar-refractivity contribution < 1.29 is 22.5 Å². The topological polar surface area (TPSA) is 112 Å². The van der Waals surface area contributed by atoms with Gasteiger partial charge in [0.1, 0.15) is 6.33 Å². The van der Waals surface area contributed by atoms with E-state index in [0.29, 0.717) is 11.3 Å². The van der Waals surface area contributed by atoms with Crippen molar-refractivity contribution in [1.29, 1.82) is 0 Å². The van der Waals surface area contributed by atoms with Gasteiger partial charge in [-0.05, 0) is 29.8 Å². The molecule has 1 aliphatic heterocycles. The molecule has 0 radical (unpaired) electrons. The average molecular weight is 419 g/mol. The summed E-state index contributed by atoms with van der Waals surface area (Å²) < 4.78 is 47.6. The maximum Gasteiger partial charge on any atom is 0.586 e. The van der Waals surface area contributed by atoms with Gasteiger partial charge in [0.25, 0.3) is 0 Å². The number of benzene rings is 2. The number of para-hydroxylation sites is 1. The van der Waals surface area contributed by atoms with E-state index in [-0.39, 0.29) is 28.8 Å². The standard InChI is InChI=1S/C18H15F2N5O3S/c1-29(21,26)9-11-4-2-5-12(8-11)24-17-23-10-22-16(25-17)13-6-3-7-14-15(13)28-18(19,20)27-14/h2-10H,1H3,(H2,21,26)(H,22,23,24,25). The summed E-state index contributed by atoms with van der Waals surface area (Å²) in [4.78, 5) is 12.3. The van der Waals surface area contributed by atoms with Crippen LogP contribution >= 0.6 is 0 Å². The minimum Gasteiger partial charge on any atom is -0.395 e. The number of nitrogens with zero attached hydrogens (tertiary/aromatic N) is 3. The number of hydrogen-bond donors (Lipinski definition) is 2. The number of aromatic nitrogens is 3. The smallest absolute Gasteiger partial charge is 0.395 e. The summed E-state index contributed by atoms with van der Waals surface area (Å²) in [6.45, 7) is 0. The molecule has 8 nitrogen and oxygen atoms in total. The Morgan fingerprint density at radius 3 is 2.76 bits per heavy atom. The van der Waals surface area contributed by atoms with Gasteiger partial charge in [-0.2, -0.15) is 4.98 Å². The molecule has 0 spiro atoms. The van der Waals surface area contributed by atoms with Gasteiger partial charge in [-0.15, -0.1) is 8.78 Å². The first-order valence-electron chi connectivity index (χ1n) is 8.26. The molecule has 2 heterocycles. The van der Waals surface area contributed by atoms with Gasteiger partial charge >= 0.3 is 6.29 Å². The van der Waals surface area contributed by atoms with E-state index in [2.05, 4.69) is 29.7 Å². The first-order valence-corrected chi connectivity index (χ1v) is 10.3. The second-order valence-corrected chi connectivity index (χ2v) is 8.44. The van der Waals surface area contributed by atoms with Crippen LogP contribution < -0.4 is 19.9 Å². The Morgan fingerprint density at radius 1 is 1.17 bits per heavy atom. The van der Waals surface area contributed by atoms with E-state index in [1.807, 2.05) is 0 Å². The van der Waals surface area contributed by atoms with Crippen molar-refractivity contribution in [3.05, 3.63) is 54.4 Å². The number of ether oxygens (including phenoxy) is 2. The Bertz CT molecular complexity index is 1200. The number of rotatable bonds is 4. The summed E-state index contributed by atoms with van der Waals surface area (Å²) >= 11 is 0. The maximum atomic E-state index is 13.4. The molecule has 0 bridgehead atoms. The predicted molar refractivity (Wildman–Crippen MR) is 105 cm³/mol. The molecule has 11 heteroatoms. The zero-order chi connectivity index (χ0) is 20.6. The molecular formula is C18H15F2N5O3S. The Hall–Kier alpha value is -3.31. The Morgan fingerprint density at radius 2 is 1.97 bits per heavy atom. The van der Waals surface area contributed by atoms with E-state index in [4.69, 9.17) is 5.14 Å². The Kier molecular flexibility index (Phi) is 4.55. The SMILES string of the molecule is CS(N)(=O)=Cc1cccc(Nc2ncnc(-c3cccc4c3OC(F)(F)O4)n2)c1. The van der Waals surface area contributed by atoms with E-state index in [9.17, 15) is 13.0 Å². The van der Waals surface area contributed by atoms with Gasteiger partial charge in [-0.25, -0.2) is 9.97 Å². The lowest BCUT2D eigenvalue weighted by Gasteiger charge is -2.08. The summed E-state index contributed by atoms with van der Waals surface area (Å²) in [5.41, 5.74) is 1.51. The third-order valence-corrected chi connectivity index (χ3v) is 4.49. The van der Waals surface area contributed by atoms with Crippen molar-refractivity contribution in [2.45, 2.75) is 6.29 Å². The van der Waals surface area contributed by atoms with E-state index in [1.165, 1.54) is 36.1 Å². The normalized spacial score (nSPS) is 16.1. The highest BCUT2D eigenvalue weighted by Crippen LogP contribution is 2.46. The van der Waals surface area contributed by atoms with Crippen molar-refractivity contribution >= 4 is 26.7 Å². The van der Waals surface area contributed by atoms with E-state index >= 15 is 0 Å². The first-order chi connectivity index (χ1) is 13.7. The fourth-order valence-corrected chi connectivity index (χ4v) is 3.41. The second kappa shape index (κ2) is 6.94. The summed E-state index contributed by atoms with van der Waals surface area (Å²) in [5.74, 6) is 0.0600. The molecule has 3 N–H and O–H groups in total. The Balaban J connectivity index is 1.65. The number of nitrogens with two attached hydrogens (primary N) is 1. The number of fused-ring (bicyclic) bond motifs is 1. The molecule has 1 aromatic heterocycles. The van der Waals surface area contributed by atoms with Crippen molar-refractivity contribution in [3.63, 3.8) is 0 Å². The number of halogens is 2. The van der Waals surface area contributed by atoms with Gasteiger partial charge in [-0.1, -0.05) is 18.2 Å². The third kappa shape index (κ3) is 4.41. The summed E-state index contributed by atoms with van der Waals surface area (Å²) in [6.07, 6.45) is -1.07. The number of hydrogen-bond acceptors (Lipinski definition) is 7. The van der Waals surface area contributed by atoms with Crippen LogP contribution in [0.1, 0.15) is 5.56 Å². The Labute approximate surface area is 164 Å². The fourth-order valence-electron chi connectivity index (χ4n) is 2.72. The molecule has 4 rings (SSSR count). The summed E-state index contributed by atoms with van der Waals surface area (Å²) in [6, 6.07) is 11.4. The fraction of sp³-hybridized carbons (Fsp3) is 0.111. The maximum absolute atomic E-state index is 13.4. The highest BCUT2D eigenvalue weighted by atomic mass is 32.2. The third-order valence-electron chi connectivity index (χ3n) is 3.75. The molecule has 0 aliphatic carbocycles. The van der Waals surface area contributed by atoms with Crippen LogP contribution in [0.2, 0.25) is 0 Å². The molecule has 1 aliphatic rings. The molecule has 1 atom stereocenters. The highest BCUT2D eigenvalue weighted by Gasteiger charge is 2.44. The molecule has 0 amide bonds. The predicted octanol–water partition coefficient (Wildman–Crippen LogP) is 2.54. The quantitative estimate of drug-likeness (QED) is 0.625. The number of alkyl halides is 2. The van der Waals surface area contributed by atoms with E-state index in [1.54, 1.807) is 24.3 Å². The summed E-state index contributed by atoms with van der Waals surface area (Å²) in [5, 5.41) is 10.0. The van der Waals surface area contributed by atoms with Crippen LogP contribution in [-0.2, 0) is 9.71 Å². The lowest BCUT2D eigenvalue weighted by atomic mass is 10.2. The van der Waals surface area contributed by atoms with Gasteiger partial charge in [-0.3, -0.25) is 9.35 Å². The van der Waals surface area contributed by atoms with Crippen molar-refractivity contribution in [3.8, 4) is 22.9 Å². The van der Waals surface area contributed by atoms with E-state index in [0.717, 1.165) is 0 Å². The van der Waals surface area contributed by atoms with Crippen LogP contribution in [0.3, 0.4) is 0 Å². The van der Waals surface area contributed by atoms with Gasteiger partial charge in [0, 0.05) is 27.0 Å². The molecule has 150 valence electrons. The monoisotopic (exact) mass is 419 g/mol. The van der Waals surface area contributed by atoms with Gasteiger partial charge < -0.3 is 14.8 Å². The average Bonchev–Trinajstić information content (AvgIpc) is 2.94. The van der Waals surface area contributed by atoms with Crippen molar-refractivity contribution in [1.82, 2.24) is 15.0 Å². The van der Waals surface area contributed by atoms with Gasteiger partial charge in [0.2, 0.25) is 5.95 Å². The zero-order valence-electron chi connectivity index (χ0n) is 15.0. The van der Waals surface area contributed by atoms with Gasteiger partial charge in [0.05, 0.1) is 5.56 Å². The first kappa shape index (κ1) is 19.0. The van der Waals surface area contributed by atoms with Crippen LogP contribution in [0.25, 0.3) is 11.4 Å². The summed E-state index contributed by atoms with van der Waals surface area (Å²) in [7, 11) is -2.56. The van der Waals surface area contributed by atoms with Gasteiger partial charge in [0.15, 0.2) is 17.3 Å². The largest absolute Gasteiger partial charge is 0.586 e. The molecule has 3 aromatic rings. The van der Waals surface area contributed by atoms with Crippen LogP contribution in [-0.4, -0.2) is 37.1 Å². The minimum absolute atomic E-state index is 0.101. The van der Waals surface area contributed by atoms with Crippen LogP contribution in [0, 0.1) is 0 Å². The highest BCUT2D eigenvalue weighted by molar-refractivity contribution is 7.98. The molecule has 0 fully saturated rings. The zero-order valence-corrected chi connectivity index (χ0v) is 15.8. The molecule has 2 aromatic carbocycles. The lowest BCUT2D eigenvalue weighted by Crippen LogP contribution is -2.26. The van der Waals surface area contributed by atoms with Crippen LogP contribution in [0.4, 0.5) is 20.4 Å². The molecule has 0 saturated carbocycles. The van der Waals surface area contributed by atoms with Crippen LogP contribution in [0.15, 0.2) is 48.8 Å². The van der Waals surface area contributed by atoms with E-state index < -0.39 is 16.0 Å². The van der Waals surface area contributed by atoms with Crippen molar-refractivity contribution in [2.75, 3.05) is 11.6 Å². The molecular weight excluding hydrogens is 404 g/mol. The van der Waals surface area contributed by atoms with Crippen LogP contribution in [0.5, 0.6) is 11.5 Å². The number of nitrogens with one attached hydrogen (secondary N) is 1. The molecule has 29 heavy (non-hydrogen) atoms. The lowest BCUT2D eigenvalue weighted by molar-refractivity contribution is -0.286. The number of anilines is 2. The second-order valence-electron chi connectivity index (χ2n) is 6.27. The molecule has 1 unspecified atom stereocenters.